The van der Waals surface area contributed by atoms with E-state index in [1.54, 1.807) is 0 Å². The van der Waals surface area contributed by atoms with Crippen LogP contribution in [-0.4, -0.2) is 34.0 Å². The van der Waals surface area contributed by atoms with Gasteiger partial charge in [0.2, 0.25) is 0 Å². The molecule has 0 bridgehead atoms. The number of ether oxygens (including phenoxy) is 1. The molecule has 2 N–H and O–H groups in total. The third kappa shape index (κ3) is 2.07. The summed E-state index contributed by atoms with van der Waals surface area (Å²) in [5.41, 5.74) is 0.575. The highest BCUT2D eigenvalue weighted by atomic mass is 19.1. The molecule has 6 nitrogen and oxygen atoms in total. The van der Waals surface area contributed by atoms with Crippen molar-refractivity contribution in [1.29, 1.82) is 0 Å². The minimum Gasteiger partial charge on any atom is -0.491 e. The lowest BCUT2D eigenvalue weighted by Gasteiger charge is -2.11. The molecule has 1 aromatic heterocycles. The smallest absolute Gasteiger partial charge is 0.341 e. The van der Waals surface area contributed by atoms with Crippen molar-refractivity contribution in [2.75, 3.05) is 18.5 Å². The molecule has 0 aliphatic carbocycles. The lowest BCUT2D eigenvalue weighted by atomic mass is 10.2. The molecule has 0 fully saturated rings. The van der Waals surface area contributed by atoms with Crippen molar-refractivity contribution in [2.45, 2.75) is 6.42 Å². The van der Waals surface area contributed by atoms with Crippen LogP contribution in [0.15, 0.2) is 24.4 Å². The van der Waals surface area contributed by atoms with Gasteiger partial charge in [0.1, 0.15) is 28.6 Å². The van der Waals surface area contributed by atoms with E-state index in [2.05, 4.69) is 10.4 Å². The topological polar surface area (TPSA) is 76.4 Å². The molecule has 1 aromatic carbocycles. The van der Waals surface area contributed by atoms with Gasteiger partial charge in [-0.3, -0.25) is 0 Å². The standard InChI is InChI=1S/C13H12FN3O3/c14-8-2-3-10-11(6-8)20-5-1-4-15-12-9(13(18)19)7-16-17(10)12/h2-3,6-7,15H,1,4-5H2,(H,18,19). The van der Waals surface area contributed by atoms with Crippen molar-refractivity contribution in [2.24, 2.45) is 0 Å². The number of nitrogens with zero attached hydrogens (tertiary/aromatic N) is 2. The second-order valence-electron chi connectivity index (χ2n) is 4.36. The average molecular weight is 277 g/mol. The van der Waals surface area contributed by atoms with Gasteiger partial charge in [-0.2, -0.15) is 5.10 Å². The van der Waals surface area contributed by atoms with Gasteiger partial charge in [-0.15, -0.1) is 0 Å². The zero-order valence-corrected chi connectivity index (χ0v) is 10.5. The van der Waals surface area contributed by atoms with Crippen LogP contribution in [0.3, 0.4) is 0 Å². The molecule has 0 radical (unpaired) electrons. The molecule has 0 atom stereocenters. The second-order valence-corrected chi connectivity index (χ2v) is 4.36. The molecule has 0 saturated heterocycles. The van der Waals surface area contributed by atoms with Crippen LogP contribution in [-0.2, 0) is 0 Å². The number of fused-ring (bicyclic) bond motifs is 3. The Balaban J connectivity index is 2.20. The highest BCUT2D eigenvalue weighted by Gasteiger charge is 2.21. The fraction of sp³-hybridized carbons (Fsp3) is 0.231. The Morgan fingerprint density at radius 2 is 2.35 bits per heavy atom. The third-order valence-corrected chi connectivity index (χ3v) is 3.02. The summed E-state index contributed by atoms with van der Waals surface area (Å²) in [5.74, 6) is -0.767. The number of carbonyl (C=O) groups is 1. The van der Waals surface area contributed by atoms with Crippen LogP contribution < -0.4 is 10.1 Å². The highest BCUT2D eigenvalue weighted by Crippen LogP contribution is 2.29. The predicted octanol–water partition coefficient (Wildman–Crippen LogP) is 1.90. The lowest BCUT2D eigenvalue weighted by Crippen LogP contribution is -2.10. The maximum Gasteiger partial charge on any atom is 0.341 e. The van der Waals surface area contributed by atoms with Crippen LogP contribution in [0.25, 0.3) is 5.69 Å². The van der Waals surface area contributed by atoms with Crippen molar-refractivity contribution in [3.8, 4) is 11.4 Å². The summed E-state index contributed by atoms with van der Waals surface area (Å²) in [4.78, 5) is 11.2. The van der Waals surface area contributed by atoms with Crippen molar-refractivity contribution in [3.05, 3.63) is 35.8 Å². The number of rotatable bonds is 1. The van der Waals surface area contributed by atoms with Crippen molar-refractivity contribution < 1.29 is 19.0 Å². The van der Waals surface area contributed by atoms with Crippen molar-refractivity contribution in [3.63, 3.8) is 0 Å². The maximum atomic E-state index is 13.3. The molecule has 104 valence electrons. The summed E-state index contributed by atoms with van der Waals surface area (Å²) in [7, 11) is 0. The van der Waals surface area contributed by atoms with Gasteiger partial charge in [0.05, 0.1) is 12.8 Å². The summed E-state index contributed by atoms with van der Waals surface area (Å²) in [6.07, 6.45) is 1.93. The molecule has 2 heterocycles. The molecule has 0 saturated carbocycles. The van der Waals surface area contributed by atoms with E-state index < -0.39 is 11.8 Å². The molecule has 3 rings (SSSR count). The number of aromatic nitrogens is 2. The Kier molecular flexibility index (Phi) is 3.02. The third-order valence-electron chi connectivity index (χ3n) is 3.02. The minimum absolute atomic E-state index is 0.0715. The molecule has 2 aromatic rings. The summed E-state index contributed by atoms with van der Waals surface area (Å²) in [6.45, 7) is 0.957. The first-order valence-corrected chi connectivity index (χ1v) is 6.15. The number of nitrogens with one attached hydrogen (secondary N) is 1. The van der Waals surface area contributed by atoms with E-state index in [1.807, 2.05) is 0 Å². The van der Waals surface area contributed by atoms with Crippen LogP contribution >= 0.6 is 0 Å². The average Bonchev–Trinajstić information content (AvgIpc) is 2.83. The van der Waals surface area contributed by atoms with E-state index in [-0.39, 0.29) is 5.56 Å². The summed E-state index contributed by atoms with van der Waals surface area (Å²) in [6, 6.07) is 4.07. The Morgan fingerprint density at radius 1 is 1.50 bits per heavy atom. The zero-order valence-electron chi connectivity index (χ0n) is 10.5. The SMILES string of the molecule is O=C(O)c1cnn2c1NCCCOc1cc(F)ccc1-2. The Morgan fingerprint density at radius 3 is 3.15 bits per heavy atom. The number of carboxylic acids is 1. The van der Waals surface area contributed by atoms with Crippen LogP contribution in [0.2, 0.25) is 0 Å². The molecule has 7 heteroatoms. The lowest BCUT2D eigenvalue weighted by molar-refractivity contribution is 0.0698. The Hall–Kier alpha value is -2.57. The van der Waals surface area contributed by atoms with Gasteiger partial charge in [0.15, 0.2) is 0 Å². The first-order chi connectivity index (χ1) is 9.66. The van der Waals surface area contributed by atoms with Gasteiger partial charge >= 0.3 is 5.97 Å². The molecule has 0 unspecified atom stereocenters. The minimum atomic E-state index is -1.07. The van der Waals surface area contributed by atoms with Crippen molar-refractivity contribution >= 4 is 11.8 Å². The van der Waals surface area contributed by atoms with Gasteiger partial charge in [-0.1, -0.05) is 0 Å². The van der Waals surface area contributed by atoms with Crippen LogP contribution in [0.1, 0.15) is 16.8 Å². The number of hydrogen-bond donors (Lipinski definition) is 2. The quantitative estimate of drug-likeness (QED) is 0.832. The fourth-order valence-corrected chi connectivity index (χ4v) is 2.10. The summed E-state index contributed by atoms with van der Waals surface area (Å²) >= 11 is 0. The number of aromatic carboxylic acids is 1. The molecular weight excluding hydrogens is 265 g/mol. The van der Waals surface area contributed by atoms with E-state index in [1.165, 1.54) is 29.1 Å². The molecular formula is C13H12FN3O3. The maximum absolute atomic E-state index is 13.3. The van der Waals surface area contributed by atoms with Crippen molar-refractivity contribution in [1.82, 2.24) is 9.78 Å². The number of benzene rings is 1. The summed E-state index contributed by atoms with van der Waals surface area (Å²) < 4.78 is 20.3. The van der Waals surface area contributed by atoms with Crippen LogP contribution in [0.5, 0.6) is 5.75 Å². The zero-order chi connectivity index (χ0) is 14.1. The number of hydrogen-bond acceptors (Lipinski definition) is 4. The first kappa shape index (κ1) is 12.5. The van der Waals surface area contributed by atoms with Gasteiger partial charge in [-0.05, 0) is 18.6 Å². The molecule has 0 spiro atoms. The Labute approximate surface area is 113 Å². The first-order valence-electron chi connectivity index (χ1n) is 6.15. The highest BCUT2D eigenvalue weighted by molar-refractivity contribution is 5.93. The number of carboxylic acid groups (broad SMARTS) is 1. The molecule has 0 amide bonds. The summed E-state index contributed by atoms with van der Waals surface area (Å²) in [5, 5.41) is 16.3. The predicted molar refractivity (Wildman–Crippen MR) is 69.1 cm³/mol. The molecule has 1 aliphatic heterocycles. The number of halogens is 1. The van der Waals surface area contributed by atoms with Gasteiger partial charge < -0.3 is 15.2 Å². The Bertz CT molecular complexity index is 669. The normalized spacial score (nSPS) is 13.8. The van der Waals surface area contributed by atoms with Gasteiger partial charge in [0, 0.05) is 12.6 Å². The number of anilines is 1. The van der Waals surface area contributed by atoms with Gasteiger partial charge in [-0.25, -0.2) is 13.9 Å². The van der Waals surface area contributed by atoms with Crippen LogP contribution in [0.4, 0.5) is 10.2 Å². The molecule has 1 aliphatic rings. The monoisotopic (exact) mass is 277 g/mol. The molecule has 20 heavy (non-hydrogen) atoms. The van der Waals surface area contributed by atoms with E-state index >= 15 is 0 Å². The largest absolute Gasteiger partial charge is 0.491 e. The van der Waals surface area contributed by atoms with E-state index in [9.17, 15) is 9.18 Å². The fourth-order valence-electron chi connectivity index (χ4n) is 2.10. The van der Waals surface area contributed by atoms with E-state index in [0.717, 1.165) is 0 Å². The van der Waals surface area contributed by atoms with E-state index in [4.69, 9.17) is 9.84 Å². The second kappa shape index (κ2) is 4.84. The van der Waals surface area contributed by atoms with Gasteiger partial charge in [0.25, 0.3) is 0 Å². The van der Waals surface area contributed by atoms with Crippen LogP contribution in [0, 0.1) is 5.82 Å². The van der Waals surface area contributed by atoms with E-state index in [0.29, 0.717) is 36.8 Å².